The molecule has 0 saturated carbocycles. The van der Waals surface area contributed by atoms with Crippen LogP contribution < -0.4 is 5.48 Å². The number of rotatable bonds is 4. The molecule has 2 N–H and O–H groups in total. The van der Waals surface area contributed by atoms with Gasteiger partial charge in [-0.2, -0.15) is 5.48 Å². The fourth-order valence-corrected chi connectivity index (χ4v) is 2.82. The molecule has 3 rings (SSSR count). The maximum Gasteiger partial charge on any atom is 0.331 e. The van der Waals surface area contributed by atoms with E-state index >= 15 is 0 Å². The van der Waals surface area contributed by atoms with Crippen LogP contribution in [0.5, 0.6) is 0 Å². The van der Waals surface area contributed by atoms with Crippen molar-refractivity contribution in [3.05, 3.63) is 64.4 Å². The maximum absolute atomic E-state index is 14.3. The Bertz CT molecular complexity index is 914. The molecule has 1 unspecified atom stereocenters. The third-order valence-corrected chi connectivity index (χ3v) is 4.14. The summed E-state index contributed by atoms with van der Waals surface area (Å²) < 4.78 is 19.0. The fraction of sp³-hybridized carbons (Fsp3) is 0.167. The SMILES string of the molecule is COC(=O)C(NO)C1=Nc2ccc(Cl)cc2C(c2ccccc2F)=NC1. The second-order valence-electron chi connectivity index (χ2n) is 5.49. The molecule has 2 aromatic rings. The van der Waals surface area contributed by atoms with E-state index in [2.05, 4.69) is 14.7 Å². The van der Waals surface area contributed by atoms with Gasteiger partial charge in [-0.3, -0.25) is 9.98 Å². The first-order valence-corrected chi connectivity index (χ1v) is 8.07. The van der Waals surface area contributed by atoms with Gasteiger partial charge in [0.25, 0.3) is 0 Å². The monoisotopic (exact) mass is 375 g/mol. The summed E-state index contributed by atoms with van der Waals surface area (Å²) in [6, 6.07) is 9.94. The summed E-state index contributed by atoms with van der Waals surface area (Å²) in [6.45, 7) is -0.0384. The highest BCUT2D eigenvalue weighted by Gasteiger charge is 2.27. The van der Waals surface area contributed by atoms with Crippen LogP contribution in [0.15, 0.2) is 52.4 Å². The molecule has 0 spiro atoms. The Labute approximate surface area is 154 Å². The number of hydrogen-bond donors (Lipinski definition) is 2. The first-order valence-electron chi connectivity index (χ1n) is 7.69. The van der Waals surface area contributed by atoms with E-state index < -0.39 is 17.8 Å². The standard InChI is InChI=1S/C18H15ClFN3O3/c1-26-18(24)17(23-25)15-9-21-16(11-4-2-3-5-13(11)20)12-8-10(19)6-7-14(12)22-15/h2-8,17,23,25H,9H2,1H3. The van der Waals surface area contributed by atoms with Crippen molar-refractivity contribution in [2.45, 2.75) is 6.04 Å². The van der Waals surface area contributed by atoms with Crippen molar-refractivity contribution in [2.75, 3.05) is 13.7 Å². The lowest BCUT2D eigenvalue weighted by molar-refractivity contribution is -0.143. The van der Waals surface area contributed by atoms with Gasteiger partial charge in [-0.05, 0) is 30.3 Å². The lowest BCUT2D eigenvalue weighted by Gasteiger charge is -2.13. The number of hydrogen-bond acceptors (Lipinski definition) is 6. The summed E-state index contributed by atoms with van der Waals surface area (Å²) in [5, 5.41) is 9.77. The van der Waals surface area contributed by atoms with Gasteiger partial charge >= 0.3 is 5.97 Å². The minimum Gasteiger partial charge on any atom is -0.467 e. The number of methoxy groups -OCH3 is 1. The Hall–Kier alpha value is -2.61. The van der Waals surface area contributed by atoms with Gasteiger partial charge < -0.3 is 9.94 Å². The molecule has 0 amide bonds. The van der Waals surface area contributed by atoms with Crippen molar-refractivity contribution in [2.24, 2.45) is 9.98 Å². The Kier molecular flexibility index (Phi) is 5.41. The van der Waals surface area contributed by atoms with Crippen LogP contribution in [-0.2, 0) is 9.53 Å². The van der Waals surface area contributed by atoms with Crippen LogP contribution in [0.4, 0.5) is 10.1 Å². The molecule has 2 aromatic carbocycles. The largest absolute Gasteiger partial charge is 0.467 e. The molecule has 0 fully saturated rings. The number of nitrogens with one attached hydrogen (secondary N) is 1. The van der Waals surface area contributed by atoms with E-state index in [0.29, 0.717) is 27.5 Å². The number of aliphatic imine (C=N–C) groups is 2. The topological polar surface area (TPSA) is 83.3 Å². The van der Waals surface area contributed by atoms with Gasteiger partial charge in [0.1, 0.15) is 5.82 Å². The molecule has 0 bridgehead atoms. The molecule has 8 heteroatoms. The zero-order valence-corrected chi connectivity index (χ0v) is 14.5. The van der Waals surface area contributed by atoms with Gasteiger partial charge in [-0.25, -0.2) is 9.18 Å². The van der Waals surface area contributed by atoms with E-state index in [-0.39, 0.29) is 12.3 Å². The van der Waals surface area contributed by atoms with Gasteiger partial charge in [0.15, 0.2) is 6.04 Å². The minimum absolute atomic E-state index is 0.0384. The molecule has 0 saturated heterocycles. The molecular weight excluding hydrogens is 361 g/mol. The quantitative estimate of drug-likeness (QED) is 0.635. The molecular formula is C18H15ClFN3O3. The molecule has 1 heterocycles. The summed E-state index contributed by atoms with van der Waals surface area (Å²) in [5.41, 5.74) is 3.75. The normalized spacial score (nSPS) is 14.6. The number of fused-ring (bicyclic) bond motifs is 1. The minimum atomic E-state index is -1.19. The second-order valence-corrected chi connectivity index (χ2v) is 5.93. The van der Waals surface area contributed by atoms with Crippen LogP contribution in [-0.4, -0.2) is 42.3 Å². The molecule has 0 aliphatic carbocycles. The Morgan fingerprint density at radius 1 is 1.31 bits per heavy atom. The fourth-order valence-electron chi connectivity index (χ4n) is 2.65. The summed E-state index contributed by atoms with van der Waals surface area (Å²) in [7, 11) is 1.20. The molecule has 6 nitrogen and oxygen atoms in total. The Morgan fingerprint density at radius 2 is 2.08 bits per heavy atom. The first-order chi connectivity index (χ1) is 12.5. The van der Waals surface area contributed by atoms with Gasteiger partial charge in [-0.15, -0.1) is 0 Å². The number of hydroxylamine groups is 1. The number of esters is 1. The van der Waals surface area contributed by atoms with E-state index in [4.69, 9.17) is 11.6 Å². The van der Waals surface area contributed by atoms with Crippen LogP contribution in [0.1, 0.15) is 11.1 Å². The van der Waals surface area contributed by atoms with E-state index in [0.717, 1.165) is 0 Å². The number of carbonyl (C=O) groups is 1. The number of nitrogens with zero attached hydrogens (tertiary/aromatic N) is 2. The van der Waals surface area contributed by atoms with E-state index in [1.807, 2.05) is 5.48 Å². The average molecular weight is 376 g/mol. The molecule has 1 aliphatic rings. The highest BCUT2D eigenvalue weighted by Crippen LogP contribution is 2.29. The van der Waals surface area contributed by atoms with Gasteiger partial charge in [0, 0.05) is 16.1 Å². The van der Waals surface area contributed by atoms with Crippen molar-refractivity contribution in [1.29, 1.82) is 0 Å². The van der Waals surface area contributed by atoms with Crippen LogP contribution in [0, 0.1) is 5.82 Å². The molecule has 134 valence electrons. The summed E-state index contributed by atoms with van der Waals surface area (Å²) in [5.74, 6) is -1.16. The molecule has 0 radical (unpaired) electrons. The zero-order chi connectivity index (χ0) is 18.7. The highest BCUT2D eigenvalue weighted by molar-refractivity contribution is 6.31. The van der Waals surface area contributed by atoms with Crippen molar-refractivity contribution in [3.63, 3.8) is 0 Å². The maximum atomic E-state index is 14.3. The first kappa shape index (κ1) is 18.2. The smallest absolute Gasteiger partial charge is 0.331 e. The Balaban J connectivity index is 2.16. The van der Waals surface area contributed by atoms with E-state index in [1.54, 1.807) is 36.4 Å². The van der Waals surface area contributed by atoms with Crippen molar-refractivity contribution < 1.29 is 19.1 Å². The summed E-state index contributed by atoms with van der Waals surface area (Å²) >= 11 is 6.10. The highest BCUT2D eigenvalue weighted by atomic mass is 35.5. The van der Waals surface area contributed by atoms with Gasteiger partial charge in [-0.1, -0.05) is 23.7 Å². The number of ether oxygens (including phenoxy) is 1. The number of carbonyl (C=O) groups excluding carboxylic acids is 1. The average Bonchev–Trinajstić information content (AvgIpc) is 2.82. The zero-order valence-electron chi connectivity index (χ0n) is 13.7. The lowest BCUT2D eigenvalue weighted by Crippen LogP contribution is -2.43. The van der Waals surface area contributed by atoms with Crippen LogP contribution in [0.3, 0.4) is 0 Å². The second kappa shape index (κ2) is 7.74. The molecule has 1 atom stereocenters. The number of benzene rings is 2. The van der Waals surface area contributed by atoms with Gasteiger partial charge in [0.2, 0.25) is 0 Å². The Morgan fingerprint density at radius 3 is 2.77 bits per heavy atom. The molecule has 0 aromatic heterocycles. The summed E-state index contributed by atoms with van der Waals surface area (Å²) in [6.07, 6.45) is 0. The van der Waals surface area contributed by atoms with Crippen molar-refractivity contribution >= 4 is 34.7 Å². The number of halogens is 2. The van der Waals surface area contributed by atoms with E-state index in [9.17, 15) is 14.4 Å². The van der Waals surface area contributed by atoms with Crippen LogP contribution in [0.2, 0.25) is 5.02 Å². The lowest BCUT2D eigenvalue weighted by atomic mass is 10.0. The third kappa shape index (κ3) is 3.50. The van der Waals surface area contributed by atoms with Gasteiger partial charge in [0.05, 0.1) is 30.8 Å². The van der Waals surface area contributed by atoms with Crippen LogP contribution >= 0.6 is 11.6 Å². The predicted octanol–water partition coefficient (Wildman–Crippen LogP) is 2.92. The third-order valence-electron chi connectivity index (χ3n) is 3.91. The molecule has 1 aliphatic heterocycles. The van der Waals surface area contributed by atoms with E-state index in [1.165, 1.54) is 13.2 Å². The predicted molar refractivity (Wildman–Crippen MR) is 96.2 cm³/mol. The van der Waals surface area contributed by atoms with Crippen molar-refractivity contribution in [1.82, 2.24) is 5.48 Å². The van der Waals surface area contributed by atoms with Crippen molar-refractivity contribution in [3.8, 4) is 0 Å². The summed E-state index contributed by atoms with van der Waals surface area (Å²) in [4.78, 5) is 20.7. The molecule has 26 heavy (non-hydrogen) atoms. The van der Waals surface area contributed by atoms with Crippen LogP contribution in [0.25, 0.3) is 0 Å².